The Hall–Kier alpha value is -1.65. The van der Waals surface area contributed by atoms with E-state index >= 15 is 0 Å². The molecule has 0 spiro atoms. The third kappa shape index (κ3) is 2.37. The van der Waals surface area contributed by atoms with Gasteiger partial charge in [0.05, 0.1) is 11.6 Å². The first-order valence-corrected chi connectivity index (χ1v) is 7.20. The smallest absolute Gasteiger partial charge is 0.132 e. The van der Waals surface area contributed by atoms with Crippen molar-refractivity contribution in [3.8, 4) is 0 Å². The summed E-state index contributed by atoms with van der Waals surface area (Å²) in [6.07, 6.45) is 0. The van der Waals surface area contributed by atoms with Gasteiger partial charge in [0.25, 0.3) is 0 Å². The van der Waals surface area contributed by atoms with Crippen LogP contribution >= 0.6 is 0 Å². The highest BCUT2D eigenvalue weighted by molar-refractivity contribution is 5.81. The number of benzene rings is 1. The Labute approximate surface area is 120 Å². The van der Waals surface area contributed by atoms with Crippen LogP contribution in [0.4, 0.5) is 5.82 Å². The molecule has 2 heterocycles. The van der Waals surface area contributed by atoms with Crippen molar-refractivity contribution in [2.45, 2.75) is 13.0 Å². The summed E-state index contributed by atoms with van der Waals surface area (Å²) in [4.78, 5) is 9.59. The van der Waals surface area contributed by atoms with Gasteiger partial charge < -0.3 is 15.5 Å². The summed E-state index contributed by atoms with van der Waals surface area (Å²) in [7, 11) is 2.15. The molecule has 1 saturated heterocycles. The molecule has 20 heavy (non-hydrogen) atoms. The molecule has 1 aromatic carbocycles. The lowest BCUT2D eigenvalue weighted by Crippen LogP contribution is -2.55. The summed E-state index contributed by atoms with van der Waals surface area (Å²) >= 11 is 0. The molecule has 4 nitrogen and oxygen atoms in total. The van der Waals surface area contributed by atoms with E-state index in [4.69, 9.17) is 10.7 Å². The fourth-order valence-electron chi connectivity index (χ4n) is 2.99. The van der Waals surface area contributed by atoms with E-state index in [9.17, 15) is 0 Å². The van der Waals surface area contributed by atoms with Gasteiger partial charge in [-0.3, -0.25) is 0 Å². The average Bonchev–Trinajstić information content (AvgIpc) is 2.46. The third-order valence-electron chi connectivity index (χ3n) is 4.12. The zero-order chi connectivity index (χ0) is 14.1. The van der Waals surface area contributed by atoms with Gasteiger partial charge in [-0.1, -0.05) is 18.2 Å². The Morgan fingerprint density at radius 2 is 2.10 bits per heavy atom. The lowest BCUT2D eigenvalue weighted by Gasteiger charge is -2.41. The Morgan fingerprint density at radius 3 is 2.90 bits per heavy atom. The summed E-state index contributed by atoms with van der Waals surface area (Å²) in [6, 6.07) is 10.9. The minimum Gasteiger partial charge on any atom is -0.350 e. The van der Waals surface area contributed by atoms with Crippen molar-refractivity contribution in [1.82, 2.24) is 9.88 Å². The zero-order valence-corrected chi connectivity index (χ0v) is 12.2. The molecule has 1 aromatic heterocycles. The van der Waals surface area contributed by atoms with Crippen LogP contribution in [0.5, 0.6) is 0 Å². The first-order chi connectivity index (χ1) is 9.69. The number of piperazine rings is 1. The van der Waals surface area contributed by atoms with E-state index in [1.165, 1.54) is 10.9 Å². The second kappa shape index (κ2) is 5.38. The highest BCUT2D eigenvalue weighted by Gasteiger charge is 2.26. The number of aromatic nitrogens is 1. The maximum absolute atomic E-state index is 5.96. The Balaban J connectivity index is 2.02. The molecule has 0 saturated carbocycles. The van der Waals surface area contributed by atoms with Crippen LogP contribution in [-0.2, 0) is 0 Å². The first-order valence-electron chi connectivity index (χ1n) is 7.20. The van der Waals surface area contributed by atoms with Gasteiger partial charge in [0.15, 0.2) is 0 Å². The fraction of sp³-hybridized carbons (Fsp3) is 0.438. The second-order valence-corrected chi connectivity index (χ2v) is 5.67. The summed E-state index contributed by atoms with van der Waals surface area (Å²) in [5.41, 5.74) is 8.25. The number of hydrogen-bond acceptors (Lipinski definition) is 4. The van der Waals surface area contributed by atoms with Crippen molar-refractivity contribution >= 4 is 16.7 Å². The van der Waals surface area contributed by atoms with E-state index < -0.39 is 0 Å². The molecule has 4 heteroatoms. The quantitative estimate of drug-likeness (QED) is 0.901. The van der Waals surface area contributed by atoms with Crippen LogP contribution in [0.3, 0.4) is 0 Å². The molecule has 106 valence electrons. The minimum atomic E-state index is 0.348. The normalized spacial score (nSPS) is 20.6. The fourth-order valence-corrected chi connectivity index (χ4v) is 2.99. The molecular formula is C16H22N4. The van der Waals surface area contributed by atoms with Crippen molar-refractivity contribution in [2.75, 3.05) is 38.1 Å². The van der Waals surface area contributed by atoms with Crippen LogP contribution in [0, 0.1) is 6.92 Å². The Bertz CT molecular complexity index is 610. The Morgan fingerprint density at radius 1 is 1.30 bits per heavy atom. The lowest BCUT2D eigenvalue weighted by atomic mass is 10.1. The van der Waals surface area contributed by atoms with Crippen LogP contribution < -0.4 is 10.6 Å². The number of likely N-dealkylation sites (N-methyl/N-ethyl adjacent to an activating group) is 1. The number of hydrogen-bond donors (Lipinski definition) is 1. The molecule has 0 radical (unpaired) electrons. The van der Waals surface area contributed by atoms with Gasteiger partial charge in [-0.05, 0) is 31.7 Å². The zero-order valence-electron chi connectivity index (χ0n) is 12.2. The molecule has 3 rings (SSSR count). The highest BCUT2D eigenvalue weighted by Crippen LogP contribution is 2.25. The summed E-state index contributed by atoms with van der Waals surface area (Å²) < 4.78 is 0. The molecule has 0 bridgehead atoms. The molecule has 1 aliphatic rings. The van der Waals surface area contributed by atoms with Crippen molar-refractivity contribution < 1.29 is 0 Å². The van der Waals surface area contributed by atoms with Crippen molar-refractivity contribution in [2.24, 2.45) is 5.73 Å². The van der Waals surface area contributed by atoms with E-state index in [2.05, 4.69) is 48.0 Å². The van der Waals surface area contributed by atoms with Gasteiger partial charge in [-0.2, -0.15) is 0 Å². The molecule has 2 N–H and O–H groups in total. The number of nitrogens with two attached hydrogens (primary N) is 1. The van der Waals surface area contributed by atoms with Crippen LogP contribution in [-0.4, -0.2) is 49.2 Å². The van der Waals surface area contributed by atoms with Gasteiger partial charge in [0.2, 0.25) is 0 Å². The lowest BCUT2D eigenvalue weighted by molar-refractivity contribution is 0.268. The first kappa shape index (κ1) is 13.3. The number of fused-ring (bicyclic) bond motifs is 1. The van der Waals surface area contributed by atoms with Gasteiger partial charge in [-0.25, -0.2) is 4.98 Å². The maximum Gasteiger partial charge on any atom is 0.132 e. The molecule has 2 aromatic rings. The number of nitrogens with zero attached hydrogens (tertiary/aromatic N) is 3. The summed E-state index contributed by atoms with van der Waals surface area (Å²) in [5.74, 6) is 1.09. The van der Waals surface area contributed by atoms with Crippen molar-refractivity contribution in [1.29, 1.82) is 0 Å². The van der Waals surface area contributed by atoms with Crippen LogP contribution in [0.25, 0.3) is 10.9 Å². The van der Waals surface area contributed by atoms with Gasteiger partial charge in [0.1, 0.15) is 5.82 Å². The SMILES string of the molecule is Cc1cc2ccccc2nc1N1CCN(C)CC1CN. The van der Waals surface area contributed by atoms with Crippen LogP contribution in [0.1, 0.15) is 5.56 Å². The van der Waals surface area contributed by atoms with E-state index in [-0.39, 0.29) is 0 Å². The number of pyridine rings is 1. The van der Waals surface area contributed by atoms with E-state index in [0.29, 0.717) is 12.6 Å². The molecule has 1 unspecified atom stereocenters. The van der Waals surface area contributed by atoms with Gasteiger partial charge in [-0.15, -0.1) is 0 Å². The molecule has 1 fully saturated rings. The molecule has 1 aliphatic heterocycles. The number of rotatable bonds is 2. The monoisotopic (exact) mass is 270 g/mol. The van der Waals surface area contributed by atoms with Crippen molar-refractivity contribution in [3.63, 3.8) is 0 Å². The molecule has 0 aliphatic carbocycles. The third-order valence-corrected chi connectivity index (χ3v) is 4.12. The summed E-state index contributed by atoms with van der Waals surface area (Å²) in [6.45, 7) is 5.86. The number of aryl methyl sites for hydroxylation is 1. The van der Waals surface area contributed by atoms with Gasteiger partial charge in [0, 0.05) is 31.6 Å². The molecule has 1 atom stereocenters. The Kier molecular flexibility index (Phi) is 3.59. The largest absolute Gasteiger partial charge is 0.350 e. The predicted octanol–water partition coefficient (Wildman–Crippen LogP) is 1.62. The minimum absolute atomic E-state index is 0.348. The molecule has 0 amide bonds. The molecular weight excluding hydrogens is 248 g/mol. The number of anilines is 1. The van der Waals surface area contributed by atoms with E-state index in [1.54, 1.807) is 0 Å². The maximum atomic E-state index is 5.96. The van der Waals surface area contributed by atoms with Crippen LogP contribution in [0.2, 0.25) is 0 Å². The van der Waals surface area contributed by atoms with Crippen LogP contribution in [0.15, 0.2) is 30.3 Å². The average molecular weight is 270 g/mol. The number of para-hydroxylation sites is 1. The van der Waals surface area contributed by atoms with Gasteiger partial charge >= 0.3 is 0 Å². The second-order valence-electron chi connectivity index (χ2n) is 5.67. The van der Waals surface area contributed by atoms with E-state index in [0.717, 1.165) is 31.0 Å². The topological polar surface area (TPSA) is 45.4 Å². The predicted molar refractivity (Wildman–Crippen MR) is 84.2 cm³/mol. The highest BCUT2D eigenvalue weighted by atomic mass is 15.3. The standard InChI is InChI=1S/C16H22N4/c1-12-9-13-5-3-4-6-15(13)18-16(12)20-8-7-19(2)11-14(20)10-17/h3-6,9,14H,7-8,10-11,17H2,1-2H3. The van der Waals surface area contributed by atoms with Crippen molar-refractivity contribution in [3.05, 3.63) is 35.9 Å². The van der Waals surface area contributed by atoms with E-state index in [1.807, 2.05) is 6.07 Å². The summed E-state index contributed by atoms with van der Waals surface area (Å²) in [5, 5.41) is 1.20.